The van der Waals surface area contributed by atoms with Gasteiger partial charge < -0.3 is 10.6 Å². The molecule has 2 N–H and O–H groups in total. The van der Waals surface area contributed by atoms with Gasteiger partial charge in [-0.05, 0) is 49.9 Å². The summed E-state index contributed by atoms with van der Waals surface area (Å²) < 4.78 is 0. The van der Waals surface area contributed by atoms with Gasteiger partial charge in [-0.25, -0.2) is 4.98 Å². The first-order chi connectivity index (χ1) is 13.5. The van der Waals surface area contributed by atoms with E-state index >= 15 is 0 Å². The van der Waals surface area contributed by atoms with E-state index in [4.69, 9.17) is 0 Å². The number of para-hydroxylation sites is 1. The van der Waals surface area contributed by atoms with Gasteiger partial charge in [-0.15, -0.1) is 0 Å². The summed E-state index contributed by atoms with van der Waals surface area (Å²) in [5, 5.41) is 6.70. The molecule has 3 rings (SSSR count). The Morgan fingerprint density at radius 2 is 1.61 bits per heavy atom. The minimum atomic E-state index is 0.0353. The van der Waals surface area contributed by atoms with E-state index in [2.05, 4.69) is 52.6 Å². The van der Waals surface area contributed by atoms with Crippen molar-refractivity contribution < 1.29 is 4.79 Å². The maximum atomic E-state index is 11.6. The topological polar surface area (TPSA) is 66.9 Å². The van der Waals surface area contributed by atoms with Gasteiger partial charge in [-0.1, -0.05) is 44.2 Å². The molecule has 0 saturated carbocycles. The molecule has 144 valence electrons. The highest BCUT2D eigenvalue weighted by Gasteiger charge is 2.10. The van der Waals surface area contributed by atoms with Crippen molar-refractivity contribution in [3.63, 3.8) is 0 Å². The number of rotatable bonds is 7. The first kappa shape index (κ1) is 19.5. The standard InChI is InChI=1S/C23H26N4O/c1-5-17-9-7-10-18(6-2)22(17)27-23-24-15(3)13-21(26-23)25-20-12-8-11-19(14-20)16(4)28/h7-14H,5-6H2,1-4H3,(H2,24,25,26,27). The Hall–Kier alpha value is -3.21. The fraction of sp³-hybridized carbons (Fsp3) is 0.261. The summed E-state index contributed by atoms with van der Waals surface area (Å²) in [4.78, 5) is 20.8. The van der Waals surface area contributed by atoms with Crippen LogP contribution in [0.4, 0.5) is 23.1 Å². The molecule has 0 spiro atoms. The molecule has 5 heteroatoms. The minimum absolute atomic E-state index is 0.0353. The first-order valence-corrected chi connectivity index (χ1v) is 9.61. The van der Waals surface area contributed by atoms with E-state index in [1.165, 1.54) is 11.1 Å². The molecule has 2 aromatic carbocycles. The molecular weight excluding hydrogens is 348 g/mol. The zero-order valence-corrected chi connectivity index (χ0v) is 16.8. The van der Waals surface area contributed by atoms with Crippen LogP contribution in [0.15, 0.2) is 48.5 Å². The number of aryl methyl sites for hydroxylation is 3. The van der Waals surface area contributed by atoms with E-state index in [0.717, 1.165) is 29.9 Å². The van der Waals surface area contributed by atoms with E-state index in [-0.39, 0.29) is 5.78 Å². The Labute approximate surface area is 166 Å². The van der Waals surface area contributed by atoms with E-state index in [1.54, 1.807) is 13.0 Å². The van der Waals surface area contributed by atoms with Gasteiger partial charge >= 0.3 is 0 Å². The summed E-state index contributed by atoms with van der Waals surface area (Å²) in [6.45, 7) is 7.79. The van der Waals surface area contributed by atoms with E-state index in [0.29, 0.717) is 17.3 Å². The molecule has 0 fully saturated rings. The zero-order chi connectivity index (χ0) is 20.1. The second-order valence-electron chi connectivity index (χ2n) is 6.76. The van der Waals surface area contributed by atoms with Crippen molar-refractivity contribution in [2.45, 2.75) is 40.5 Å². The Kier molecular flexibility index (Phi) is 6.04. The lowest BCUT2D eigenvalue weighted by Gasteiger charge is -2.15. The maximum absolute atomic E-state index is 11.6. The monoisotopic (exact) mass is 374 g/mol. The molecule has 0 aliphatic rings. The number of hydrogen-bond acceptors (Lipinski definition) is 5. The highest BCUT2D eigenvalue weighted by molar-refractivity contribution is 5.95. The highest BCUT2D eigenvalue weighted by Crippen LogP contribution is 2.26. The third-order valence-corrected chi connectivity index (χ3v) is 4.63. The summed E-state index contributed by atoms with van der Waals surface area (Å²) >= 11 is 0. The van der Waals surface area contributed by atoms with Gasteiger partial charge in [-0.2, -0.15) is 4.98 Å². The molecule has 1 heterocycles. The lowest BCUT2D eigenvalue weighted by atomic mass is 10.0. The number of carbonyl (C=O) groups excluding carboxylic acids is 1. The molecule has 5 nitrogen and oxygen atoms in total. The van der Waals surface area contributed by atoms with Gasteiger partial charge in [0.2, 0.25) is 5.95 Å². The number of aromatic nitrogens is 2. The number of nitrogens with one attached hydrogen (secondary N) is 2. The zero-order valence-electron chi connectivity index (χ0n) is 16.8. The lowest BCUT2D eigenvalue weighted by Crippen LogP contribution is -2.06. The van der Waals surface area contributed by atoms with Crippen molar-refractivity contribution in [1.82, 2.24) is 9.97 Å². The van der Waals surface area contributed by atoms with Crippen LogP contribution < -0.4 is 10.6 Å². The predicted molar refractivity (Wildman–Crippen MR) is 115 cm³/mol. The van der Waals surface area contributed by atoms with E-state index in [1.807, 2.05) is 31.2 Å². The second kappa shape index (κ2) is 8.65. The number of benzene rings is 2. The second-order valence-corrected chi connectivity index (χ2v) is 6.76. The van der Waals surface area contributed by atoms with Crippen LogP contribution in [0.5, 0.6) is 0 Å². The van der Waals surface area contributed by atoms with Crippen molar-refractivity contribution in [2.75, 3.05) is 10.6 Å². The average molecular weight is 374 g/mol. The number of anilines is 4. The van der Waals surface area contributed by atoms with Crippen LogP contribution in [-0.2, 0) is 12.8 Å². The maximum Gasteiger partial charge on any atom is 0.229 e. The van der Waals surface area contributed by atoms with Crippen LogP contribution >= 0.6 is 0 Å². The molecule has 0 aliphatic heterocycles. The molecule has 0 saturated heterocycles. The van der Waals surface area contributed by atoms with Crippen molar-refractivity contribution >= 4 is 28.9 Å². The van der Waals surface area contributed by atoms with Crippen LogP contribution in [0.2, 0.25) is 0 Å². The first-order valence-electron chi connectivity index (χ1n) is 9.61. The Morgan fingerprint density at radius 1 is 0.929 bits per heavy atom. The fourth-order valence-electron chi connectivity index (χ4n) is 3.17. The Morgan fingerprint density at radius 3 is 2.25 bits per heavy atom. The van der Waals surface area contributed by atoms with Gasteiger partial charge in [0.15, 0.2) is 5.78 Å². The SMILES string of the molecule is CCc1cccc(CC)c1Nc1nc(C)cc(Nc2cccc(C(C)=O)c2)n1. The van der Waals surface area contributed by atoms with Crippen LogP contribution in [0, 0.1) is 6.92 Å². The van der Waals surface area contributed by atoms with Crippen molar-refractivity contribution in [3.8, 4) is 0 Å². The largest absolute Gasteiger partial charge is 0.340 e. The number of ketones is 1. The van der Waals surface area contributed by atoms with E-state index < -0.39 is 0 Å². The van der Waals surface area contributed by atoms with Crippen molar-refractivity contribution in [1.29, 1.82) is 0 Å². The Bertz CT molecular complexity index is 975. The van der Waals surface area contributed by atoms with Gasteiger partial charge in [0.1, 0.15) is 5.82 Å². The molecule has 0 unspecified atom stereocenters. The summed E-state index contributed by atoms with van der Waals surface area (Å²) in [5.41, 5.74) is 5.91. The molecule has 1 aromatic heterocycles. The third kappa shape index (κ3) is 4.55. The van der Waals surface area contributed by atoms with Gasteiger partial charge in [-0.3, -0.25) is 4.79 Å². The number of nitrogens with zero attached hydrogens (tertiary/aromatic N) is 2. The fourth-order valence-corrected chi connectivity index (χ4v) is 3.17. The predicted octanol–water partition coefficient (Wildman–Crippen LogP) is 5.60. The molecule has 0 amide bonds. The quantitative estimate of drug-likeness (QED) is 0.527. The summed E-state index contributed by atoms with van der Waals surface area (Å²) in [6.07, 6.45) is 1.87. The van der Waals surface area contributed by atoms with Crippen molar-refractivity contribution in [3.05, 3.63) is 70.9 Å². The van der Waals surface area contributed by atoms with Crippen LogP contribution in [0.25, 0.3) is 0 Å². The molecular formula is C23H26N4O. The Balaban J connectivity index is 1.91. The van der Waals surface area contributed by atoms with Crippen LogP contribution in [0.3, 0.4) is 0 Å². The molecule has 28 heavy (non-hydrogen) atoms. The van der Waals surface area contributed by atoms with Gasteiger partial charge in [0.25, 0.3) is 0 Å². The van der Waals surface area contributed by atoms with Crippen LogP contribution in [-0.4, -0.2) is 15.8 Å². The summed E-state index contributed by atoms with van der Waals surface area (Å²) in [5.74, 6) is 1.27. The normalized spacial score (nSPS) is 10.6. The summed E-state index contributed by atoms with van der Waals surface area (Å²) in [6, 6.07) is 15.6. The molecule has 0 aliphatic carbocycles. The molecule has 0 radical (unpaired) electrons. The van der Waals surface area contributed by atoms with Crippen molar-refractivity contribution in [2.24, 2.45) is 0 Å². The third-order valence-electron chi connectivity index (χ3n) is 4.63. The highest BCUT2D eigenvalue weighted by atomic mass is 16.1. The molecule has 0 atom stereocenters. The van der Waals surface area contributed by atoms with E-state index in [9.17, 15) is 4.79 Å². The average Bonchev–Trinajstić information content (AvgIpc) is 2.68. The molecule has 0 bridgehead atoms. The number of hydrogen-bond donors (Lipinski definition) is 2. The minimum Gasteiger partial charge on any atom is -0.340 e. The molecule has 3 aromatic rings. The lowest BCUT2D eigenvalue weighted by molar-refractivity contribution is 0.101. The number of carbonyl (C=O) groups is 1. The number of Topliss-reactive ketones (excluding diaryl/α,β-unsaturated/α-hetero) is 1. The van der Waals surface area contributed by atoms with Gasteiger partial charge in [0.05, 0.1) is 0 Å². The van der Waals surface area contributed by atoms with Gasteiger partial charge in [0, 0.05) is 28.7 Å². The van der Waals surface area contributed by atoms with Crippen LogP contribution in [0.1, 0.15) is 48.0 Å². The summed E-state index contributed by atoms with van der Waals surface area (Å²) in [7, 11) is 0. The smallest absolute Gasteiger partial charge is 0.229 e.